The summed E-state index contributed by atoms with van der Waals surface area (Å²) in [5.74, 6) is -1.39. The topological polar surface area (TPSA) is 98.1 Å². The van der Waals surface area contributed by atoms with Crippen molar-refractivity contribution in [1.29, 1.82) is 0 Å². The van der Waals surface area contributed by atoms with Crippen LogP contribution in [-0.4, -0.2) is 61.7 Å². The van der Waals surface area contributed by atoms with E-state index >= 15 is 0 Å². The summed E-state index contributed by atoms with van der Waals surface area (Å²) in [7, 11) is 0. The SMILES string of the molecule is O=C(O)C1=C(SC(=O)N2CCC(O)CC2)S[C@@H]2CC(=O)N12. The molecule has 0 spiro atoms. The average Bonchev–Trinajstić information content (AvgIpc) is 2.72. The Morgan fingerprint density at radius 3 is 2.52 bits per heavy atom. The number of rotatable bonds is 2. The Bertz CT molecular complexity index is 542. The number of piperidine rings is 1. The molecule has 0 aromatic carbocycles. The van der Waals surface area contributed by atoms with E-state index in [-0.39, 0.29) is 28.3 Å². The molecule has 0 aromatic heterocycles. The smallest absolute Gasteiger partial charge is 0.354 e. The molecule has 0 aromatic rings. The standard InChI is InChI=1S/C12H14N2O5S2/c15-6-1-3-13(4-2-6)12(19)21-11-9(10(17)18)14-7(16)5-8(14)20-11/h6,8,15H,1-5H2,(H,17,18)/t8-/m1/s1. The summed E-state index contributed by atoms with van der Waals surface area (Å²) in [6.45, 7) is 0.943. The number of amides is 2. The molecule has 3 heterocycles. The van der Waals surface area contributed by atoms with Crippen LogP contribution in [-0.2, 0) is 9.59 Å². The van der Waals surface area contributed by atoms with E-state index in [4.69, 9.17) is 0 Å². The van der Waals surface area contributed by atoms with Gasteiger partial charge in [0.25, 0.3) is 5.24 Å². The number of hydrogen-bond acceptors (Lipinski definition) is 6. The second-order valence-electron chi connectivity index (χ2n) is 5.07. The molecule has 0 unspecified atom stereocenters. The van der Waals surface area contributed by atoms with Crippen LogP contribution in [0.4, 0.5) is 4.79 Å². The van der Waals surface area contributed by atoms with Crippen molar-refractivity contribution in [2.75, 3.05) is 13.1 Å². The summed E-state index contributed by atoms with van der Waals surface area (Å²) in [5.41, 5.74) is -0.0726. The predicted molar refractivity (Wildman–Crippen MR) is 77.3 cm³/mol. The molecule has 9 heteroatoms. The van der Waals surface area contributed by atoms with E-state index in [9.17, 15) is 24.6 Å². The van der Waals surface area contributed by atoms with Crippen LogP contribution in [0.5, 0.6) is 0 Å². The Hall–Kier alpha value is -1.19. The van der Waals surface area contributed by atoms with Crippen molar-refractivity contribution >= 4 is 40.6 Å². The summed E-state index contributed by atoms with van der Waals surface area (Å²) >= 11 is 2.14. The number of nitrogens with zero attached hydrogens (tertiary/aromatic N) is 2. The number of likely N-dealkylation sites (tertiary alicyclic amines) is 1. The lowest BCUT2D eigenvalue weighted by atomic mass is 10.1. The van der Waals surface area contributed by atoms with Gasteiger partial charge in [-0.15, -0.1) is 0 Å². The van der Waals surface area contributed by atoms with Gasteiger partial charge in [0.2, 0.25) is 5.91 Å². The van der Waals surface area contributed by atoms with Crippen molar-refractivity contribution < 1.29 is 24.6 Å². The molecule has 2 fully saturated rings. The first-order valence-electron chi connectivity index (χ1n) is 6.58. The monoisotopic (exact) mass is 330 g/mol. The maximum Gasteiger partial charge on any atom is 0.354 e. The minimum atomic E-state index is -1.18. The van der Waals surface area contributed by atoms with Crippen molar-refractivity contribution in [2.24, 2.45) is 0 Å². The zero-order valence-corrected chi connectivity index (χ0v) is 12.7. The zero-order chi connectivity index (χ0) is 15.1. The highest BCUT2D eigenvalue weighted by Crippen LogP contribution is 2.50. The van der Waals surface area contributed by atoms with Gasteiger partial charge in [0.15, 0.2) is 5.70 Å². The fourth-order valence-electron chi connectivity index (χ4n) is 2.48. The third kappa shape index (κ3) is 2.65. The van der Waals surface area contributed by atoms with E-state index in [1.165, 1.54) is 16.7 Å². The number of aliphatic hydroxyl groups excluding tert-OH is 1. The number of aliphatic hydroxyl groups is 1. The molecule has 7 nitrogen and oxygen atoms in total. The molecule has 21 heavy (non-hydrogen) atoms. The maximum absolute atomic E-state index is 12.2. The van der Waals surface area contributed by atoms with Gasteiger partial charge in [-0.25, -0.2) is 4.79 Å². The summed E-state index contributed by atoms with van der Waals surface area (Å²) in [6.07, 6.45) is 1.03. The van der Waals surface area contributed by atoms with Crippen LogP contribution in [0.25, 0.3) is 0 Å². The van der Waals surface area contributed by atoms with Crippen LogP contribution >= 0.6 is 23.5 Å². The Morgan fingerprint density at radius 2 is 1.95 bits per heavy atom. The van der Waals surface area contributed by atoms with E-state index in [0.29, 0.717) is 36.6 Å². The lowest BCUT2D eigenvalue weighted by Crippen LogP contribution is -2.48. The number of fused-ring (bicyclic) bond motifs is 1. The molecule has 1 atom stereocenters. The molecule has 0 bridgehead atoms. The van der Waals surface area contributed by atoms with Crippen molar-refractivity contribution in [1.82, 2.24) is 9.80 Å². The van der Waals surface area contributed by atoms with Crippen molar-refractivity contribution in [3.8, 4) is 0 Å². The van der Waals surface area contributed by atoms with E-state index in [2.05, 4.69) is 0 Å². The van der Waals surface area contributed by atoms with Crippen LogP contribution in [0.2, 0.25) is 0 Å². The predicted octanol–water partition coefficient (Wildman–Crippen LogP) is 0.855. The fraction of sp³-hybridized carbons (Fsp3) is 0.583. The Kier molecular flexibility index (Phi) is 3.89. The van der Waals surface area contributed by atoms with Gasteiger partial charge < -0.3 is 15.1 Å². The third-order valence-corrected chi connectivity index (χ3v) is 6.10. The molecule has 3 aliphatic rings. The number of aliphatic carboxylic acids is 1. The molecule has 3 rings (SSSR count). The summed E-state index contributed by atoms with van der Waals surface area (Å²) in [6, 6.07) is 0. The Labute approximate surface area is 129 Å². The second kappa shape index (κ2) is 5.54. The van der Waals surface area contributed by atoms with Crippen molar-refractivity contribution in [3.05, 3.63) is 9.93 Å². The molecule has 2 N–H and O–H groups in total. The molecular weight excluding hydrogens is 316 g/mol. The normalized spacial score (nSPS) is 26.0. The van der Waals surface area contributed by atoms with Gasteiger partial charge in [-0.2, -0.15) is 0 Å². The average molecular weight is 330 g/mol. The van der Waals surface area contributed by atoms with Gasteiger partial charge in [-0.05, 0) is 24.6 Å². The fourth-order valence-corrected chi connectivity index (χ4v) is 5.07. The number of β-lactam (4-membered cyclic amide) rings is 1. The summed E-state index contributed by atoms with van der Waals surface area (Å²) in [5, 5.41) is 18.3. The van der Waals surface area contributed by atoms with Gasteiger partial charge in [0.1, 0.15) is 0 Å². The summed E-state index contributed by atoms with van der Waals surface area (Å²) < 4.78 is 0.384. The first kappa shape index (κ1) is 14.7. The van der Waals surface area contributed by atoms with Crippen LogP contribution in [0.3, 0.4) is 0 Å². The molecular formula is C12H14N2O5S2. The first-order chi connectivity index (χ1) is 9.97. The Morgan fingerprint density at radius 1 is 1.29 bits per heavy atom. The van der Waals surface area contributed by atoms with Gasteiger partial charge in [0.05, 0.1) is 22.1 Å². The lowest BCUT2D eigenvalue weighted by Gasteiger charge is -2.33. The number of thioether (sulfide) groups is 2. The van der Waals surface area contributed by atoms with Crippen LogP contribution in [0.1, 0.15) is 19.3 Å². The highest BCUT2D eigenvalue weighted by atomic mass is 32.2. The van der Waals surface area contributed by atoms with Crippen LogP contribution in [0.15, 0.2) is 9.93 Å². The zero-order valence-electron chi connectivity index (χ0n) is 11.0. The lowest BCUT2D eigenvalue weighted by molar-refractivity contribution is -0.145. The quantitative estimate of drug-likeness (QED) is 0.724. The van der Waals surface area contributed by atoms with Crippen LogP contribution in [0, 0.1) is 0 Å². The van der Waals surface area contributed by atoms with E-state index in [0.717, 1.165) is 11.8 Å². The molecule has 2 saturated heterocycles. The van der Waals surface area contributed by atoms with Gasteiger partial charge in [-0.1, -0.05) is 11.8 Å². The summed E-state index contributed by atoms with van der Waals surface area (Å²) in [4.78, 5) is 37.9. The minimum Gasteiger partial charge on any atom is -0.477 e. The highest BCUT2D eigenvalue weighted by molar-refractivity contribution is 8.29. The van der Waals surface area contributed by atoms with Crippen LogP contribution < -0.4 is 0 Å². The van der Waals surface area contributed by atoms with Gasteiger partial charge in [-0.3, -0.25) is 14.5 Å². The van der Waals surface area contributed by atoms with Crippen molar-refractivity contribution in [3.63, 3.8) is 0 Å². The largest absolute Gasteiger partial charge is 0.477 e. The number of carbonyl (C=O) groups is 3. The number of hydrogen-bond donors (Lipinski definition) is 2. The highest BCUT2D eigenvalue weighted by Gasteiger charge is 2.49. The first-order valence-corrected chi connectivity index (χ1v) is 8.28. The Balaban J connectivity index is 1.71. The van der Waals surface area contributed by atoms with Gasteiger partial charge >= 0.3 is 5.97 Å². The number of carboxylic acid groups (broad SMARTS) is 1. The molecule has 2 amide bonds. The van der Waals surface area contributed by atoms with E-state index in [1.54, 1.807) is 4.90 Å². The third-order valence-electron chi connectivity index (χ3n) is 3.69. The second-order valence-corrected chi connectivity index (χ2v) is 7.48. The van der Waals surface area contributed by atoms with E-state index in [1.807, 2.05) is 0 Å². The van der Waals surface area contributed by atoms with Crippen molar-refractivity contribution in [2.45, 2.75) is 30.7 Å². The molecule has 0 aliphatic carbocycles. The number of carbonyl (C=O) groups excluding carboxylic acids is 2. The molecule has 114 valence electrons. The minimum absolute atomic E-state index is 0.0726. The number of carboxylic acids is 1. The maximum atomic E-state index is 12.2. The van der Waals surface area contributed by atoms with E-state index < -0.39 is 5.97 Å². The molecule has 3 aliphatic heterocycles. The molecule has 0 radical (unpaired) electrons. The molecule has 0 saturated carbocycles. The van der Waals surface area contributed by atoms with Gasteiger partial charge in [0, 0.05) is 13.1 Å².